The zero-order valence-corrected chi connectivity index (χ0v) is 17.5. The lowest BCUT2D eigenvalue weighted by Gasteiger charge is -2.37. The van der Waals surface area contributed by atoms with Crippen LogP contribution in [0.4, 0.5) is 26.1 Å². The Morgan fingerprint density at radius 2 is 1.91 bits per heavy atom. The number of pyridine rings is 1. The van der Waals surface area contributed by atoms with E-state index in [2.05, 4.69) is 32.2 Å². The number of hydrogen-bond donors (Lipinski definition) is 2. The molecule has 4 aromatic rings. The van der Waals surface area contributed by atoms with Gasteiger partial charge in [0, 0.05) is 25.3 Å². The van der Waals surface area contributed by atoms with Crippen LogP contribution in [-0.4, -0.2) is 38.7 Å². The van der Waals surface area contributed by atoms with Crippen LogP contribution < -0.4 is 16.0 Å². The number of halogens is 2. The predicted octanol–water partition coefficient (Wildman–Crippen LogP) is 3.99. The van der Waals surface area contributed by atoms with Gasteiger partial charge in [-0.05, 0) is 42.7 Å². The summed E-state index contributed by atoms with van der Waals surface area (Å²) in [6.07, 6.45) is 6.12. The van der Waals surface area contributed by atoms with E-state index < -0.39 is 11.6 Å². The number of piperidine rings is 1. The summed E-state index contributed by atoms with van der Waals surface area (Å²) in [5.41, 5.74) is 8.71. The zero-order chi connectivity index (χ0) is 22.2. The van der Waals surface area contributed by atoms with Crippen molar-refractivity contribution in [3.8, 4) is 11.3 Å². The largest absolute Gasteiger partial charge is 0.368 e. The SMILES string of the molecule is C[C@@H]1CCN(c2ccncc2Nc2ncc3ccc(-c4c(F)cccc4F)nn23)C[C@H]1N. The number of hydrogen-bond acceptors (Lipinski definition) is 6. The number of nitrogens with one attached hydrogen (secondary N) is 1. The molecule has 3 aromatic heterocycles. The molecule has 0 unspecified atom stereocenters. The number of rotatable bonds is 4. The number of benzene rings is 1. The fourth-order valence-corrected chi connectivity index (χ4v) is 4.04. The molecule has 164 valence electrons. The lowest BCUT2D eigenvalue weighted by Crippen LogP contribution is -2.47. The molecule has 9 heteroatoms. The minimum atomic E-state index is -0.670. The van der Waals surface area contributed by atoms with Gasteiger partial charge in [0.15, 0.2) is 0 Å². The van der Waals surface area contributed by atoms with Crippen LogP contribution in [0.3, 0.4) is 0 Å². The van der Waals surface area contributed by atoms with Crippen LogP contribution in [0.5, 0.6) is 0 Å². The van der Waals surface area contributed by atoms with Gasteiger partial charge in [-0.1, -0.05) is 13.0 Å². The van der Waals surface area contributed by atoms with Gasteiger partial charge < -0.3 is 16.0 Å². The summed E-state index contributed by atoms with van der Waals surface area (Å²) < 4.78 is 30.1. The summed E-state index contributed by atoms with van der Waals surface area (Å²) in [6.45, 7) is 3.81. The standard InChI is InChI=1S/C23H23F2N7/c1-14-8-10-31(13-18(14)26)21-7-9-27-12-20(21)29-23-28-11-15-5-6-19(30-32(15)23)22-16(24)3-2-4-17(22)25/h2-7,9,11-12,14,18H,8,10,13,26H2,1H3,(H,28,29)/t14-,18-/m1/s1. The van der Waals surface area contributed by atoms with Crippen molar-refractivity contribution in [3.05, 3.63) is 66.6 Å². The molecule has 1 fully saturated rings. The molecule has 1 saturated heterocycles. The summed E-state index contributed by atoms with van der Waals surface area (Å²) in [6, 6.07) is 9.09. The van der Waals surface area contributed by atoms with Crippen LogP contribution in [-0.2, 0) is 0 Å². The minimum Gasteiger partial charge on any atom is -0.368 e. The molecule has 0 saturated carbocycles. The maximum absolute atomic E-state index is 14.3. The van der Waals surface area contributed by atoms with E-state index in [9.17, 15) is 8.78 Å². The fraction of sp³-hybridized carbons (Fsp3) is 0.261. The maximum Gasteiger partial charge on any atom is 0.229 e. The van der Waals surface area contributed by atoms with Crippen LogP contribution in [0, 0.1) is 17.6 Å². The molecular formula is C23H23F2N7. The average Bonchev–Trinajstić information content (AvgIpc) is 3.18. The second-order valence-corrected chi connectivity index (χ2v) is 8.13. The smallest absolute Gasteiger partial charge is 0.229 e. The molecule has 0 aliphatic carbocycles. The first-order chi connectivity index (χ1) is 15.5. The number of imidazole rings is 1. The Hall–Kier alpha value is -3.59. The number of nitrogens with zero attached hydrogens (tertiary/aromatic N) is 5. The Morgan fingerprint density at radius 3 is 2.69 bits per heavy atom. The summed E-state index contributed by atoms with van der Waals surface area (Å²) in [5.74, 6) is -0.446. The monoisotopic (exact) mass is 435 g/mol. The summed E-state index contributed by atoms with van der Waals surface area (Å²) in [4.78, 5) is 10.9. The van der Waals surface area contributed by atoms with Gasteiger partial charge in [0.2, 0.25) is 5.95 Å². The molecule has 0 radical (unpaired) electrons. The molecule has 1 aromatic carbocycles. The van der Waals surface area contributed by atoms with Gasteiger partial charge in [0.05, 0.1) is 40.5 Å². The topological polar surface area (TPSA) is 84.4 Å². The van der Waals surface area contributed by atoms with Gasteiger partial charge in [0.1, 0.15) is 11.6 Å². The minimum absolute atomic E-state index is 0.0944. The molecule has 7 nitrogen and oxygen atoms in total. The summed E-state index contributed by atoms with van der Waals surface area (Å²) in [7, 11) is 0. The molecule has 2 atom stereocenters. The van der Waals surface area contributed by atoms with Crippen molar-refractivity contribution in [1.29, 1.82) is 0 Å². The summed E-state index contributed by atoms with van der Waals surface area (Å²) in [5, 5.41) is 7.73. The van der Waals surface area contributed by atoms with Gasteiger partial charge in [-0.3, -0.25) is 4.98 Å². The molecule has 4 heterocycles. The van der Waals surface area contributed by atoms with Gasteiger partial charge in [-0.2, -0.15) is 9.61 Å². The van der Waals surface area contributed by atoms with E-state index in [0.717, 1.165) is 30.9 Å². The van der Waals surface area contributed by atoms with E-state index in [4.69, 9.17) is 5.73 Å². The molecule has 3 N–H and O–H groups in total. The van der Waals surface area contributed by atoms with Crippen molar-refractivity contribution in [2.75, 3.05) is 23.3 Å². The normalized spacial score (nSPS) is 18.8. The lowest BCUT2D eigenvalue weighted by atomic mass is 9.94. The van der Waals surface area contributed by atoms with E-state index >= 15 is 0 Å². The summed E-state index contributed by atoms with van der Waals surface area (Å²) >= 11 is 0. The number of anilines is 3. The van der Waals surface area contributed by atoms with Crippen molar-refractivity contribution in [1.82, 2.24) is 19.6 Å². The third-order valence-corrected chi connectivity index (χ3v) is 6.00. The van der Waals surface area contributed by atoms with E-state index in [1.165, 1.54) is 22.7 Å². The number of aromatic nitrogens is 4. The van der Waals surface area contributed by atoms with E-state index in [1.54, 1.807) is 30.7 Å². The maximum atomic E-state index is 14.3. The predicted molar refractivity (Wildman–Crippen MR) is 120 cm³/mol. The van der Waals surface area contributed by atoms with Gasteiger partial charge >= 0.3 is 0 Å². The highest BCUT2D eigenvalue weighted by atomic mass is 19.1. The molecule has 0 bridgehead atoms. The van der Waals surface area contributed by atoms with Crippen molar-refractivity contribution >= 4 is 22.8 Å². The zero-order valence-electron chi connectivity index (χ0n) is 17.5. The second kappa shape index (κ2) is 8.16. The first kappa shape index (κ1) is 20.3. The highest BCUT2D eigenvalue weighted by Crippen LogP contribution is 2.31. The molecule has 0 spiro atoms. The van der Waals surface area contributed by atoms with E-state index in [-0.39, 0.29) is 17.3 Å². The second-order valence-electron chi connectivity index (χ2n) is 8.13. The first-order valence-electron chi connectivity index (χ1n) is 10.5. The number of fused-ring (bicyclic) bond motifs is 1. The quantitative estimate of drug-likeness (QED) is 0.504. The Morgan fingerprint density at radius 1 is 1.09 bits per heavy atom. The van der Waals surface area contributed by atoms with Crippen LogP contribution in [0.2, 0.25) is 0 Å². The Kier molecular flexibility index (Phi) is 5.18. The third-order valence-electron chi connectivity index (χ3n) is 6.00. The van der Waals surface area contributed by atoms with Crippen LogP contribution in [0.25, 0.3) is 16.8 Å². The Bertz CT molecular complexity index is 1250. The lowest BCUT2D eigenvalue weighted by molar-refractivity contribution is 0.379. The van der Waals surface area contributed by atoms with Crippen molar-refractivity contribution in [2.45, 2.75) is 19.4 Å². The molecular weight excluding hydrogens is 412 g/mol. The first-order valence-corrected chi connectivity index (χ1v) is 10.5. The van der Waals surface area contributed by atoms with Crippen molar-refractivity contribution in [3.63, 3.8) is 0 Å². The number of nitrogens with two attached hydrogens (primary N) is 1. The molecule has 5 rings (SSSR count). The fourth-order valence-electron chi connectivity index (χ4n) is 4.04. The van der Waals surface area contributed by atoms with Crippen molar-refractivity contribution < 1.29 is 8.78 Å². The van der Waals surface area contributed by atoms with Crippen LogP contribution >= 0.6 is 0 Å². The molecule has 32 heavy (non-hydrogen) atoms. The Balaban J connectivity index is 1.51. The third kappa shape index (κ3) is 3.64. The Labute approximate surface area is 183 Å². The van der Waals surface area contributed by atoms with Gasteiger partial charge in [0.25, 0.3) is 0 Å². The van der Waals surface area contributed by atoms with Crippen LogP contribution in [0.1, 0.15) is 13.3 Å². The molecule has 1 aliphatic heterocycles. The van der Waals surface area contributed by atoms with E-state index in [1.807, 2.05) is 6.07 Å². The average molecular weight is 435 g/mol. The van der Waals surface area contributed by atoms with E-state index in [0.29, 0.717) is 17.4 Å². The van der Waals surface area contributed by atoms with Crippen LogP contribution in [0.15, 0.2) is 55.0 Å². The molecule has 1 aliphatic rings. The molecule has 0 amide bonds. The van der Waals surface area contributed by atoms with Gasteiger partial charge in [-0.25, -0.2) is 13.8 Å². The van der Waals surface area contributed by atoms with Gasteiger partial charge in [-0.15, -0.1) is 0 Å². The van der Waals surface area contributed by atoms with Crippen molar-refractivity contribution in [2.24, 2.45) is 11.7 Å². The highest BCUT2D eigenvalue weighted by Gasteiger charge is 2.25. The highest BCUT2D eigenvalue weighted by molar-refractivity contribution is 5.74.